The first-order valence-corrected chi connectivity index (χ1v) is 6.31. The van der Waals surface area contributed by atoms with Gasteiger partial charge in [0.1, 0.15) is 5.25 Å². The SMILES string of the molecule is CCOC(=O)CSC(C(N)=O)c1ccccc1. The number of amides is 1. The van der Waals surface area contributed by atoms with Gasteiger partial charge in [-0.05, 0) is 12.5 Å². The van der Waals surface area contributed by atoms with E-state index < -0.39 is 11.2 Å². The van der Waals surface area contributed by atoms with Gasteiger partial charge in [0.25, 0.3) is 0 Å². The predicted octanol–water partition coefficient (Wildman–Crippen LogP) is 1.51. The van der Waals surface area contributed by atoms with Gasteiger partial charge in [0.2, 0.25) is 5.91 Å². The van der Waals surface area contributed by atoms with Crippen LogP contribution in [0, 0.1) is 0 Å². The molecule has 1 aromatic rings. The number of carbonyl (C=O) groups is 2. The van der Waals surface area contributed by atoms with E-state index in [2.05, 4.69) is 0 Å². The molecule has 4 nitrogen and oxygen atoms in total. The zero-order valence-corrected chi connectivity index (χ0v) is 10.4. The zero-order chi connectivity index (χ0) is 12.7. The molecule has 0 aliphatic carbocycles. The second kappa shape index (κ2) is 6.96. The summed E-state index contributed by atoms with van der Waals surface area (Å²) in [5.41, 5.74) is 6.12. The topological polar surface area (TPSA) is 69.4 Å². The van der Waals surface area contributed by atoms with Crippen molar-refractivity contribution >= 4 is 23.6 Å². The monoisotopic (exact) mass is 253 g/mol. The van der Waals surface area contributed by atoms with Gasteiger partial charge in [0.05, 0.1) is 12.4 Å². The minimum atomic E-state index is -0.513. The number of primary amides is 1. The molecule has 0 saturated heterocycles. The fourth-order valence-electron chi connectivity index (χ4n) is 1.32. The number of esters is 1. The first-order chi connectivity index (χ1) is 8.15. The Morgan fingerprint density at radius 3 is 2.53 bits per heavy atom. The Morgan fingerprint density at radius 1 is 1.35 bits per heavy atom. The quantitative estimate of drug-likeness (QED) is 0.780. The van der Waals surface area contributed by atoms with Crippen LogP contribution in [0.25, 0.3) is 0 Å². The van der Waals surface area contributed by atoms with E-state index in [-0.39, 0.29) is 11.7 Å². The van der Waals surface area contributed by atoms with Gasteiger partial charge in [0, 0.05) is 0 Å². The number of carbonyl (C=O) groups excluding carboxylic acids is 2. The normalized spacial score (nSPS) is 11.8. The summed E-state index contributed by atoms with van der Waals surface area (Å²) in [4.78, 5) is 22.5. The highest BCUT2D eigenvalue weighted by molar-refractivity contribution is 8.00. The Bertz CT molecular complexity index is 381. The third-order valence-electron chi connectivity index (χ3n) is 2.03. The molecule has 1 aromatic carbocycles. The summed E-state index contributed by atoms with van der Waals surface area (Å²) in [6, 6.07) is 9.14. The van der Waals surface area contributed by atoms with Gasteiger partial charge in [-0.2, -0.15) is 0 Å². The van der Waals surface area contributed by atoms with Crippen molar-refractivity contribution in [3.05, 3.63) is 35.9 Å². The number of thioether (sulfide) groups is 1. The predicted molar refractivity (Wildman–Crippen MR) is 67.5 cm³/mol. The number of nitrogens with two attached hydrogens (primary N) is 1. The van der Waals surface area contributed by atoms with Crippen molar-refractivity contribution in [2.24, 2.45) is 5.73 Å². The Balaban J connectivity index is 2.62. The Hall–Kier alpha value is -1.49. The van der Waals surface area contributed by atoms with Crippen molar-refractivity contribution in [3.8, 4) is 0 Å². The maximum Gasteiger partial charge on any atom is 0.315 e. The maximum absolute atomic E-state index is 11.3. The van der Waals surface area contributed by atoms with E-state index in [0.717, 1.165) is 5.56 Å². The molecule has 17 heavy (non-hydrogen) atoms. The van der Waals surface area contributed by atoms with Crippen LogP contribution in [0.3, 0.4) is 0 Å². The summed E-state index contributed by atoms with van der Waals surface area (Å²) < 4.78 is 4.80. The van der Waals surface area contributed by atoms with Crippen molar-refractivity contribution in [3.63, 3.8) is 0 Å². The fraction of sp³-hybridized carbons (Fsp3) is 0.333. The van der Waals surface area contributed by atoms with Gasteiger partial charge in [-0.1, -0.05) is 30.3 Å². The van der Waals surface area contributed by atoms with Gasteiger partial charge in [-0.25, -0.2) is 0 Å². The summed E-state index contributed by atoms with van der Waals surface area (Å²) in [6.45, 7) is 2.08. The van der Waals surface area contributed by atoms with E-state index in [4.69, 9.17) is 10.5 Å². The minimum Gasteiger partial charge on any atom is -0.465 e. The lowest BCUT2D eigenvalue weighted by Crippen LogP contribution is -2.20. The van der Waals surface area contributed by atoms with Crippen LogP contribution in [0.4, 0.5) is 0 Å². The smallest absolute Gasteiger partial charge is 0.315 e. The van der Waals surface area contributed by atoms with E-state index >= 15 is 0 Å². The molecule has 1 unspecified atom stereocenters. The van der Waals surface area contributed by atoms with E-state index in [1.54, 1.807) is 6.92 Å². The van der Waals surface area contributed by atoms with Crippen LogP contribution in [0.2, 0.25) is 0 Å². The van der Waals surface area contributed by atoms with Crippen LogP contribution in [0.1, 0.15) is 17.7 Å². The minimum absolute atomic E-state index is 0.121. The standard InChI is InChI=1S/C12H15NO3S/c1-2-16-10(14)8-17-11(12(13)15)9-6-4-3-5-7-9/h3-7,11H,2,8H2,1H3,(H2,13,15). The van der Waals surface area contributed by atoms with Crippen molar-refractivity contribution in [2.75, 3.05) is 12.4 Å². The largest absolute Gasteiger partial charge is 0.465 e. The van der Waals surface area contributed by atoms with Crippen LogP contribution >= 0.6 is 11.8 Å². The Kier molecular flexibility index (Phi) is 5.56. The molecular formula is C12H15NO3S. The third-order valence-corrected chi connectivity index (χ3v) is 3.27. The molecule has 1 rings (SSSR count). The highest BCUT2D eigenvalue weighted by Gasteiger charge is 2.19. The second-order valence-electron chi connectivity index (χ2n) is 3.31. The lowest BCUT2D eigenvalue weighted by molar-refractivity contribution is -0.139. The maximum atomic E-state index is 11.3. The van der Waals surface area contributed by atoms with E-state index in [0.29, 0.717) is 6.61 Å². The van der Waals surface area contributed by atoms with Crippen LogP contribution in [0.5, 0.6) is 0 Å². The molecule has 0 spiro atoms. The molecule has 0 aliphatic heterocycles. The molecule has 0 aliphatic rings. The van der Waals surface area contributed by atoms with Gasteiger partial charge >= 0.3 is 5.97 Å². The van der Waals surface area contributed by atoms with E-state index in [9.17, 15) is 9.59 Å². The first kappa shape index (κ1) is 13.6. The molecule has 0 aromatic heterocycles. The number of ether oxygens (including phenoxy) is 1. The molecule has 0 radical (unpaired) electrons. The van der Waals surface area contributed by atoms with Crippen LogP contribution in [-0.4, -0.2) is 24.2 Å². The molecular weight excluding hydrogens is 238 g/mol. The van der Waals surface area contributed by atoms with Gasteiger partial charge in [-0.15, -0.1) is 11.8 Å². The van der Waals surface area contributed by atoms with Crippen molar-refractivity contribution in [1.82, 2.24) is 0 Å². The lowest BCUT2D eigenvalue weighted by atomic mass is 10.1. The number of hydrogen-bond acceptors (Lipinski definition) is 4. The van der Waals surface area contributed by atoms with E-state index in [1.807, 2.05) is 30.3 Å². The number of benzene rings is 1. The Labute approximate surface area is 105 Å². The first-order valence-electron chi connectivity index (χ1n) is 5.26. The average molecular weight is 253 g/mol. The molecule has 92 valence electrons. The summed E-state index contributed by atoms with van der Waals surface area (Å²) >= 11 is 1.18. The molecule has 0 heterocycles. The van der Waals surface area contributed by atoms with E-state index in [1.165, 1.54) is 11.8 Å². The number of rotatable bonds is 6. The second-order valence-corrected chi connectivity index (χ2v) is 4.40. The van der Waals surface area contributed by atoms with Crippen LogP contribution in [0.15, 0.2) is 30.3 Å². The lowest BCUT2D eigenvalue weighted by Gasteiger charge is -2.12. The molecule has 1 atom stereocenters. The Morgan fingerprint density at radius 2 is 2.00 bits per heavy atom. The third kappa shape index (κ3) is 4.48. The molecule has 0 fully saturated rings. The van der Waals surface area contributed by atoms with Crippen molar-refractivity contribution in [2.45, 2.75) is 12.2 Å². The zero-order valence-electron chi connectivity index (χ0n) is 9.59. The molecule has 1 amide bonds. The summed E-state index contributed by atoms with van der Waals surface area (Å²) in [5.74, 6) is -0.666. The summed E-state index contributed by atoms with van der Waals surface area (Å²) in [6.07, 6.45) is 0. The highest BCUT2D eigenvalue weighted by Crippen LogP contribution is 2.28. The van der Waals surface area contributed by atoms with Crippen molar-refractivity contribution < 1.29 is 14.3 Å². The molecule has 0 saturated carbocycles. The van der Waals surface area contributed by atoms with Crippen molar-refractivity contribution in [1.29, 1.82) is 0 Å². The fourth-order valence-corrected chi connectivity index (χ4v) is 2.22. The van der Waals surface area contributed by atoms with Crippen LogP contribution < -0.4 is 5.73 Å². The van der Waals surface area contributed by atoms with Gasteiger partial charge in [-0.3, -0.25) is 9.59 Å². The average Bonchev–Trinajstić information content (AvgIpc) is 2.30. The molecule has 0 bridgehead atoms. The highest BCUT2D eigenvalue weighted by atomic mass is 32.2. The van der Waals surface area contributed by atoms with Crippen LogP contribution in [-0.2, 0) is 14.3 Å². The summed E-state index contributed by atoms with van der Waals surface area (Å²) in [5, 5.41) is -0.513. The van der Waals surface area contributed by atoms with Gasteiger partial charge in [0.15, 0.2) is 0 Å². The van der Waals surface area contributed by atoms with Gasteiger partial charge < -0.3 is 10.5 Å². The molecule has 2 N–H and O–H groups in total. The summed E-state index contributed by atoms with van der Waals surface area (Å²) in [7, 11) is 0. The molecule has 5 heteroatoms. The number of hydrogen-bond donors (Lipinski definition) is 1.